The first-order valence-electron chi connectivity index (χ1n) is 9.72. The van der Waals surface area contributed by atoms with Gasteiger partial charge in [-0.2, -0.15) is 0 Å². The van der Waals surface area contributed by atoms with E-state index >= 15 is 0 Å². The summed E-state index contributed by atoms with van der Waals surface area (Å²) in [6.07, 6.45) is 3.35. The van der Waals surface area contributed by atoms with E-state index in [4.69, 9.17) is 20.8 Å². The van der Waals surface area contributed by atoms with E-state index in [0.29, 0.717) is 11.6 Å². The number of anilines is 2. The fourth-order valence-electron chi connectivity index (χ4n) is 2.26. The Morgan fingerprint density at radius 1 is 0.939 bits per heavy atom. The van der Waals surface area contributed by atoms with Gasteiger partial charge in [0.25, 0.3) is 0 Å². The van der Waals surface area contributed by atoms with Crippen LogP contribution in [0.15, 0.2) is 52.1 Å². The molecular weight excluding hydrogens is 662 g/mol. The van der Waals surface area contributed by atoms with Gasteiger partial charge in [-0.25, -0.2) is 9.97 Å². The summed E-state index contributed by atoms with van der Waals surface area (Å²) in [7, 11) is -0.241. The molecular formula is C23H34BBr2IN4O2. The SMILES string of the molecule is C.C=C(C)B1OC(C)(C)C(C)(C)O1.C=C(C)c1cc(Br)cnc1N.Nc1ncc(Br)cc1I. The number of aromatic nitrogens is 2. The number of allylic oxidation sites excluding steroid dienone is 2. The van der Waals surface area contributed by atoms with Gasteiger partial charge in [0.2, 0.25) is 0 Å². The lowest BCUT2D eigenvalue weighted by Crippen LogP contribution is -2.41. The lowest BCUT2D eigenvalue weighted by Gasteiger charge is -2.32. The fourth-order valence-corrected chi connectivity index (χ4v) is 3.83. The van der Waals surface area contributed by atoms with Crippen molar-refractivity contribution in [3.8, 4) is 0 Å². The Kier molecular flexibility index (Phi) is 12.8. The summed E-state index contributed by atoms with van der Waals surface area (Å²) < 4.78 is 14.3. The third-order valence-electron chi connectivity index (χ3n) is 4.84. The zero-order valence-electron chi connectivity index (χ0n) is 19.3. The zero-order valence-corrected chi connectivity index (χ0v) is 24.6. The van der Waals surface area contributed by atoms with Crippen LogP contribution in [-0.2, 0) is 9.31 Å². The number of halogens is 3. The highest BCUT2D eigenvalue weighted by atomic mass is 127. The van der Waals surface area contributed by atoms with Gasteiger partial charge in [-0.05, 0) is 114 Å². The van der Waals surface area contributed by atoms with Crippen LogP contribution < -0.4 is 11.5 Å². The van der Waals surface area contributed by atoms with E-state index in [0.717, 1.165) is 29.1 Å². The average Bonchev–Trinajstić information content (AvgIpc) is 2.89. The first-order valence-corrected chi connectivity index (χ1v) is 12.4. The lowest BCUT2D eigenvalue weighted by molar-refractivity contribution is 0.00578. The highest BCUT2D eigenvalue weighted by Gasteiger charge is 2.51. The van der Waals surface area contributed by atoms with Crippen LogP contribution in [0.4, 0.5) is 11.6 Å². The van der Waals surface area contributed by atoms with Gasteiger partial charge in [0.15, 0.2) is 0 Å². The molecule has 6 nitrogen and oxygen atoms in total. The molecule has 182 valence electrons. The minimum Gasteiger partial charge on any atom is -0.400 e. The van der Waals surface area contributed by atoms with Crippen LogP contribution in [-0.4, -0.2) is 28.3 Å². The van der Waals surface area contributed by atoms with E-state index in [1.165, 1.54) is 0 Å². The van der Waals surface area contributed by atoms with Crippen LogP contribution in [0.1, 0.15) is 54.5 Å². The molecule has 10 heteroatoms. The van der Waals surface area contributed by atoms with E-state index in [1.807, 2.05) is 53.7 Å². The molecule has 0 amide bonds. The molecule has 2 aromatic heterocycles. The summed E-state index contributed by atoms with van der Waals surface area (Å²) >= 11 is 8.71. The monoisotopic (exact) mass is 694 g/mol. The summed E-state index contributed by atoms with van der Waals surface area (Å²) in [4.78, 5) is 7.87. The second-order valence-electron chi connectivity index (χ2n) is 8.32. The van der Waals surface area contributed by atoms with Crippen molar-refractivity contribution >= 4 is 78.8 Å². The Labute approximate surface area is 229 Å². The zero-order chi connectivity index (χ0) is 24.9. The molecule has 2 aromatic rings. The second kappa shape index (κ2) is 13.2. The normalized spacial score (nSPS) is 15.2. The molecule has 0 aromatic carbocycles. The summed E-state index contributed by atoms with van der Waals surface area (Å²) in [5.74, 6) is 1.11. The summed E-state index contributed by atoms with van der Waals surface area (Å²) in [5.41, 5.74) is 13.3. The molecule has 0 bridgehead atoms. The quantitative estimate of drug-likeness (QED) is 0.253. The van der Waals surface area contributed by atoms with Crippen molar-refractivity contribution in [3.63, 3.8) is 0 Å². The van der Waals surface area contributed by atoms with Gasteiger partial charge in [0.05, 0.1) is 14.8 Å². The molecule has 1 aliphatic heterocycles. The minimum absolute atomic E-state index is 0. The van der Waals surface area contributed by atoms with Gasteiger partial charge < -0.3 is 20.8 Å². The topological polar surface area (TPSA) is 96.3 Å². The van der Waals surface area contributed by atoms with Crippen LogP contribution in [0.25, 0.3) is 5.57 Å². The number of rotatable bonds is 2. The molecule has 0 atom stereocenters. The number of pyridine rings is 2. The van der Waals surface area contributed by atoms with Crippen molar-refractivity contribution in [1.29, 1.82) is 0 Å². The smallest absolute Gasteiger partial charge is 0.400 e. The number of nitrogens with two attached hydrogens (primary N) is 2. The fraction of sp³-hybridized carbons (Fsp3) is 0.391. The van der Waals surface area contributed by atoms with Crippen LogP contribution in [0.3, 0.4) is 0 Å². The maximum absolute atomic E-state index is 5.70. The first kappa shape index (κ1) is 32.1. The summed E-state index contributed by atoms with van der Waals surface area (Å²) in [6, 6.07) is 3.83. The van der Waals surface area contributed by atoms with E-state index in [1.54, 1.807) is 12.4 Å². The molecule has 0 unspecified atom stereocenters. The van der Waals surface area contributed by atoms with Gasteiger partial charge in [-0.3, -0.25) is 0 Å². The van der Waals surface area contributed by atoms with Crippen molar-refractivity contribution in [2.75, 3.05) is 11.5 Å². The van der Waals surface area contributed by atoms with Crippen LogP contribution in [0, 0.1) is 3.57 Å². The molecule has 0 radical (unpaired) electrons. The van der Waals surface area contributed by atoms with Crippen molar-refractivity contribution in [1.82, 2.24) is 9.97 Å². The number of hydrogen-bond acceptors (Lipinski definition) is 6. The Morgan fingerprint density at radius 3 is 1.67 bits per heavy atom. The minimum atomic E-state index is -0.241. The third-order valence-corrected chi connectivity index (χ3v) is 6.57. The van der Waals surface area contributed by atoms with Crippen LogP contribution in [0.5, 0.6) is 0 Å². The van der Waals surface area contributed by atoms with Crippen molar-refractivity contribution < 1.29 is 9.31 Å². The average molecular weight is 696 g/mol. The maximum Gasteiger partial charge on any atom is 0.489 e. The molecule has 1 saturated heterocycles. The predicted molar refractivity (Wildman–Crippen MR) is 158 cm³/mol. The highest BCUT2D eigenvalue weighted by Crippen LogP contribution is 2.38. The molecule has 0 saturated carbocycles. The number of hydrogen-bond donors (Lipinski definition) is 2. The largest absolute Gasteiger partial charge is 0.489 e. The van der Waals surface area contributed by atoms with Gasteiger partial charge >= 0.3 is 7.12 Å². The molecule has 3 rings (SSSR count). The molecule has 1 aliphatic rings. The molecule has 0 spiro atoms. The van der Waals surface area contributed by atoms with E-state index in [2.05, 4.69) is 77.6 Å². The first-order chi connectivity index (χ1) is 14.6. The van der Waals surface area contributed by atoms with Crippen LogP contribution in [0.2, 0.25) is 0 Å². The standard InChI is InChI=1S/C9H17BO2.C8H9BrN2.C5H4BrIN2.CH4/c1-7(2)10-11-8(3,4)9(5,6)12-10;1-5(2)7-3-6(9)4-11-8(7)10;6-3-1-4(7)5(8)9-2-3;/h1H2,2-6H3;3-4H,1H2,2H3,(H2,10,11);1-2H,(H2,8,9);1H4. The predicted octanol–water partition coefficient (Wildman–Crippen LogP) is 7.32. The Balaban J connectivity index is 0.000000463. The number of nitrogens with zero attached hydrogens (tertiary/aromatic N) is 2. The highest BCUT2D eigenvalue weighted by molar-refractivity contribution is 14.1. The van der Waals surface area contributed by atoms with Crippen molar-refractivity contribution in [2.45, 2.75) is 60.2 Å². The van der Waals surface area contributed by atoms with Gasteiger partial charge in [-0.15, -0.1) is 6.58 Å². The summed E-state index contributed by atoms with van der Waals surface area (Å²) in [5, 5.41) is 0. The lowest BCUT2D eigenvalue weighted by atomic mass is 9.81. The van der Waals surface area contributed by atoms with Gasteiger partial charge in [0, 0.05) is 26.9 Å². The molecule has 33 heavy (non-hydrogen) atoms. The Hall–Kier alpha value is -0.945. The molecule has 3 heterocycles. The van der Waals surface area contributed by atoms with Crippen LogP contribution >= 0.6 is 54.5 Å². The molecule has 1 fully saturated rings. The van der Waals surface area contributed by atoms with E-state index < -0.39 is 0 Å². The van der Waals surface area contributed by atoms with E-state index in [-0.39, 0.29) is 25.7 Å². The second-order valence-corrected chi connectivity index (χ2v) is 11.3. The van der Waals surface area contributed by atoms with Gasteiger partial charge in [0.1, 0.15) is 11.6 Å². The van der Waals surface area contributed by atoms with Gasteiger partial charge in [-0.1, -0.05) is 19.5 Å². The number of nitrogen functional groups attached to an aromatic ring is 2. The third kappa shape index (κ3) is 9.67. The molecule has 0 aliphatic carbocycles. The molecule has 4 N–H and O–H groups in total. The Morgan fingerprint density at radius 2 is 1.36 bits per heavy atom. The Bertz CT molecular complexity index is 971. The summed E-state index contributed by atoms with van der Waals surface area (Å²) in [6.45, 7) is 19.6. The maximum atomic E-state index is 5.70. The van der Waals surface area contributed by atoms with Crippen molar-refractivity contribution in [3.05, 3.63) is 61.2 Å². The van der Waals surface area contributed by atoms with Crippen molar-refractivity contribution in [2.24, 2.45) is 0 Å². The van der Waals surface area contributed by atoms with E-state index in [9.17, 15) is 0 Å².